The molecule has 6 heteroatoms. The van der Waals surface area contributed by atoms with E-state index in [4.69, 9.17) is 0 Å². The first-order chi connectivity index (χ1) is 8.56. The van der Waals surface area contributed by atoms with Crippen molar-refractivity contribution in [2.75, 3.05) is 7.05 Å². The fraction of sp³-hybridized carbons (Fsp3) is 0.167. The monoisotopic (exact) mass is 327 g/mol. The van der Waals surface area contributed by atoms with Gasteiger partial charge in [0.05, 0.1) is 12.1 Å². The second-order valence-corrected chi connectivity index (χ2v) is 5.65. The van der Waals surface area contributed by atoms with Gasteiger partial charge < -0.3 is 9.32 Å². The van der Waals surface area contributed by atoms with E-state index in [2.05, 4.69) is 20.3 Å². The van der Waals surface area contributed by atoms with Gasteiger partial charge in [-0.1, -0.05) is 0 Å². The highest BCUT2D eigenvalue weighted by Crippen LogP contribution is 2.21. The van der Waals surface area contributed by atoms with Crippen molar-refractivity contribution < 1.29 is 9.21 Å². The van der Waals surface area contributed by atoms with Crippen LogP contribution in [0.5, 0.6) is 0 Å². The van der Waals surface area contributed by atoms with Crippen molar-refractivity contribution in [2.45, 2.75) is 6.54 Å². The third-order valence-electron chi connectivity index (χ3n) is 2.31. The summed E-state index contributed by atoms with van der Waals surface area (Å²) < 4.78 is 5.68. The summed E-state index contributed by atoms with van der Waals surface area (Å²) in [6, 6.07) is 4.68. The molecule has 2 aromatic rings. The van der Waals surface area contributed by atoms with Crippen LogP contribution in [0.2, 0.25) is 0 Å². The van der Waals surface area contributed by atoms with Crippen molar-refractivity contribution in [3.8, 4) is 0 Å². The molecule has 18 heavy (non-hydrogen) atoms. The second kappa shape index (κ2) is 5.49. The molecule has 0 N–H and O–H groups in total. The highest BCUT2D eigenvalue weighted by molar-refractivity contribution is 9.10. The van der Waals surface area contributed by atoms with Gasteiger partial charge in [-0.05, 0) is 28.1 Å². The number of hydrogen-bond donors (Lipinski definition) is 0. The molecule has 0 saturated heterocycles. The molecule has 0 spiro atoms. The fourth-order valence-electron chi connectivity index (χ4n) is 1.44. The van der Waals surface area contributed by atoms with Crippen molar-refractivity contribution in [1.29, 1.82) is 0 Å². The van der Waals surface area contributed by atoms with Crippen LogP contribution in [0.3, 0.4) is 0 Å². The minimum Gasteiger partial charge on any atom is -0.430 e. The van der Waals surface area contributed by atoms with E-state index in [0.717, 1.165) is 9.35 Å². The maximum atomic E-state index is 12.0. The molecule has 0 aromatic carbocycles. The number of rotatable bonds is 3. The van der Waals surface area contributed by atoms with Crippen LogP contribution in [0.4, 0.5) is 0 Å². The van der Waals surface area contributed by atoms with Crippen LogP contribution < -0.4 is 5.63 Å². The van der Waals surface area contributed by atoms with Crippen LogP contribution in [-0.2, 0) is 6.54 Å². The van der Waals surface area contributed by atoms with Crippen LogP contribution in [0.1, 0.15) is 15.2 Å². The van der Waals surface area contributed by atoms with Gasteiger partial charge >= 0.3 is 5.63 Å². The standard InChI is InChI=1S/C12H10BrNO3S/c1-14(5-10-4-9(13)7-18-10)12(16)8-2-3-11(15)17-6-8/h2-4,6-7H,5H2,1H3. The van der Waals surface area contributed by atoms with E-state index in [9.17, 15) is 9.59 Å². The Bertz CT molecular complexity index is 599. The van der Waals surface area contributed by atoms with Crippen molar-refractivity contribution in [1.82, 2.24) is 4.90 Å². The highest BCUT2D eigenvalue weighted by atomic mass is 79.9. The molecule has 0 aliphatic carbocycles. The van der Waals surface area contributed by atoms with E-state index in [-0.39, 0.29) is 5.91 Å². The fourth-order valence-corrected chi connectivity index (χ4v) is 2.95. The molecule has 0 unspecified atom stereocenters. The Morgan fingerprint density at radius 1 is 1.50 bits per heavy atom. The summed E-state index contributed by atoms with van der Waals surface area (Å²) in [7, 11) is 1.71. The predicted octanol–water partition coefficient (Wildman–Crippen LogP) is 2.74. The minimum absolute atomic E-state index is 0.178. The summed E-state index contributed by atoms with van der Waals surface area (Å²) in [5.41, 5.74) is -0.0934. The highest BCUT2D eigenvalue weighted by Gasteiger charge is 2.13. The van der Waals surface area contributed by atoms with Gasteiger partial charge in [0.2, 0.25) is 0 Å². The lowest BCUT2D eigenvalue weighted by Gasteiger charge is -2.15. The molecular formula is C12H10BrNO3S. The predicted molar refractivity (Wildman–Crippen MR) is 72.8 cm³/mol. The molecule has 4 nitrogen and oxygen atoms in total. The van der Waals surface area contributed by atoms with E-state index in [1.54, 1.807) is 23.3 Å². The molecular weight excluding hydrogens is 318 g/mol. The van der Waals surface area contributed by atoms with E-state index in [0.29, 0.717) is 12.1 Å². The molecule has 0 aliphatic heterocycles. The summed E-state index contributed by atoms with van der Waals surface area (Å²) in [5, 5.41) is 1.97. The number of carbonyl (C=O) groups is 1. The van der Waals surface area contributed by atoms with E-state index >= 15 is 0 Å². The molecule has 0 fully saturated rings. The first-order valence-electron chi connectivity index (χ1n) is 5.13. The Balaban J connectivity index is 2.09. The summed E-state index contributed by atoms with van der Waals surface area (Å²) >= 11 is 4.95. The largest absolute Gasteiger partial charge is 0.430 e. The smallest absolute Gasteiger partial charge is 0.335 e. The first kappa shape index (κ1) is 13.0. The summed E-state index contributed by atoms with van der Waals surface area (Å²) in [4.78, 5) is 25.5. The van der Waals surface area contributed by atoms with Crippen LogP contribution in [0, 0.1) is 0 Å². The SMILES string of the molecule is CN(Cc1cc(Br)cs1)C(=O)c1ccc(=O)oc1. The zero-order chi connectivity index (χ0) is 13.1. The molecule has 2 heterocycles. The van der Waals surface area contributed by atoms with Crippen LogP contribution in [0.25, 0.3) is 0 Å². The summed E-state index contributed by atoms with van der Waals surface area (Å²) in [6.07, 6.45) is 1.19. The first-order valence-corrected chi connectivity index (χ1v) is 6.81. The molecule has 0 atom stereocenters. The maximum absolute atomic E-state index is 12.0. The van der Waals surface area contributed by atoms with Crippen molar-refractivity contribution in [3.63, 3.8) is 0 Å². The zero-order valence-corrected chi connectivity index (χ0v) is 12.0. The molecule has 0 saturated carbocycles. The molecule has 0 radical (unpaired) electrons. The van der Waals surface area contributed by atoms with Gasteiger partial charge in [0, 0.05) is 27.8 Å². The van der Waals surface area contributed by atoms with Crippen LogP contribution >= 0.6 is 27.3 Å². The quantitative estimate of drug-likeness (QED) is 0.870. The van der Waals surface area contributed by atoms with Gasteiger partial charge in [0.1, 0.15) is 6.26 Å². The van der Waals surface area contributed by atoms with E-state index in [1.807, 2.05) is 11.4 Å². The average Bonchev–Trinajstić information content (AvgIpc) is 2.75. The Morgan fingerprint density at radius 2 is 2.28 bits per heavy atom. The Kier molecular flexibility index (Phi) is 3.98. The van der Waals surface area contributed by atoms with Crippen LogP contribution in [-0.4, -0.2) is 17.9 Å². The number of thiophene rings is 1. The van der Waals surface area contributed by atoms with Gasteiger partial charge in [-0.15, -0.1) is 11.3 Å². The van der Waals surface area contributed by atoms with E-state index < -0.39 is 5.63 Å². The summed E-state index contributed by atoms with van der Waals surface area (Å²) in [6.45, 7) is 0.522. The molecule has 2 aromatic heterocycles. The van der Waals surface area contributed by atoms with Gasteiger partial charge in [0.25, 0.3) is 5.91 Å². The normalized spacial score (nSPS) is 10.3. The lowest BCUT2D eigenvalue weighted by atomic mass is 10.2. The topological polar surface area (TPSA) is 50.5 Å². The Labute approximate surface area is 116 Å². The lowest BCUT2D eigenvalue weighted by molar-refractivity contribution is 0.0783. The van der Waals surface area contributed by atoms with Gasteiger partial charge in [-0.25, -0.2) is 4.79 Å². The third kappa shape index (κ3) is 3.08. The zero-order valence-electron chi connectivity index (χ0n) is 9.55. The Hall–Kier alpha value is -1.40. The molecule has 0 bridgehead atoms. The lowest BCUT2D eigenvalue weighted by Crippen LogP contribution is -2.26. The number of carbonyl (C=O) groups excluding carboxylic acids is 1. The van der Waals surface area contributed by atoms with E-state index in [1.165, 1.54) is 18.4 Å². The van der Waals surface area contributed by atoms with Gasteiger partial charge in [-0.2, -0.15) is 0 Å². The minimum atomic E-state index is -0.462. The number of amides is 1. The molecule has 2 rings (SSSR count). The van der Waals surface area contributed by atoms with Gasteiger partial charge in [0.15, 0.2) is 0 Å². The molecule has 1 amide bonds. The van der Waals surface area contributed by atoms with Crippen LogP contribution in [0.15, 0.2) is 43.5 Å². The second-order valence-electron chi connectivity index (χ2n) is 3.74. The van der Waals surface area contributed by atoms with Crippen molar-refractivity contribution >= 4 is 33.2 Å². The molecule has 94 valence electrons. The van der Waals surface area contributed by atoms with Gasteiger partial charge in [-0.3, -0.25) is 4.79 Å². The van der Waals surface area contributed by atoms with Crippen molar-refractivity contribution in [2.24, 2.45) is 0 Å². The molecule has 0 aliphatic rings. The number of halogens is 1. The average molecular weight is 328 g/mol. The van der Waals surface area contributed by atoms with Crippen molar-refractivity contribution in [3.05, 3.63) is 55.2 Å². The summed E-state index contributed by atoms with van der Waals surface area (Å²) in [5.74, 6) is -0.178. The number of nitrogens with zero attached hydrogens (tertiary/aromatic N) is 1. The number of hydrogen-bond acceptors (Lipinski definition) is 4. The third-order valence-corrected chi connectivity index (χ3v) is 3.99. The Morgan fingerprint density at radius 3 is 2.83 bits per heavy atom. The maximum Gasteiger partial charge on any atom is 0.335 e.